The Hall–Kier alpha value is -1.59. The van der Waals surface area contributed by atoms with Gasteiger partial charge >= 0.3 is 0 Å². The fourth-order valence-corrected chi connectivity index (χ4v) is 3.07. The number of hydrogen-bond acceptors (Lipinski definition) is 3. The highest BCUT2D eigenvalue weighted by atomic mass is 35.5. The molecular formula is C19H30ClN3O2. The van der Waals surface area contributed by atoms with E-state index in [1.807, 2.05) is 30.9 Å². The van der Waals surface area contributed by atoms with Gasteiger partial charge in [0.05, 0.1) is 0 Å². The predicted molar refractivity (Wildman–Crippen MR) is 104 cm³/mol. The smallest absolute Gasteiger partial charge is 0.254 e. The minimum absolute atomic E-state index is 0. The van der Waals surface area contributed by atoms with Crippen LogP contribution in [0.15, 0.2) is 18.2 Å². The van der Waals surface area contributed by atoms with Gasteiger partial charge in [-0.25, -0.2) is 0 Å². The predicted octanol–water partition coefficient (Wildman–Crippen LogP) is 3.50. The minimum atomic E-state index is -0.0425. The second-order valence-electron chi connectivity index (χ2n) is 6.94. The summed E-state index contributed by atoms with van der Waals surface area (Å²) >= 11 is 0. The molecule has 0 radical (unpaired) electrons. The molecule has 6 heteroatoms. The number of amides is 2. The molecule has 1 aliphatic rings. The first kappa shape index (κ1) is 21.5. The van der Waals surface area contributed by atoms with Gasteiger partial charge in [-0.2, -0.15) is 0 Å². The van der Waals surface area contributed by atoms with Crippen LogP contribution < -0.4 is 11.1 Å². The minimum Gasteiger partial charge on any atom is -0.336 e. The van der Waals surface area contributed by atoms with Crippen molar-refractivity contribution >= 4 is 29.9 Å². The van der Waals surface area contributed by atoms with Gasteiger partial charge in [0.2, 0.25) is 5.91 Å². The van der Waals surface area contributed by atoms with E-state index in [9.17, 15) is 9.59 Å². The van der Waals surface area contributed by atoms with Crippen LogP contribution >= 0.6 is 12.4 Å². The molecule has 2 unspecified atom stereocenters. The topological polar surface area (TPSA) is 75.4 Å². The molecule has 1 aliphatic heterocycles. The summed E-state index contributed by atoms with van der Waals surface area (Å²) in [4.78, 5) is 26.6. The lowest BCUT2D eigenvalue weighted by Crippen LogP contribution is -2.42. The molecule has 2 amide bonds. The Balaban J connectivity index is 0.00000312. The summed E-state index contributed by atoms with van der Waals surface area (Å²) in [6.45, 7) is 6.74. The summed E-state index contributed by atoms with van der Waals surface area (Å²) < 4.78 is 0. The number of nitrogens with one attached hydrogen (secondary N) is 1. The van der Waals surface area contributed by atoms with Gasteiger partial charge in [-0.15, -0.1) is 12.4 Å². The number of piperidine rings is 1. The monoisotopic (exact) mass is 367 g/mol. The van der Waals surface area contributed by atoms with Crippen LogP contribution in [0, 0.1) is 6.92 Å². The number of carbonyl (C=O) groups excluding carboxylic acids is 2. The van der Waals surface area contributed by atoms with Gasteiger partial charge in [0.15, 0.2) is 0 Å². The van der Waals surface area contributed by atoms with E-state index in [1.165, 1.54) is 6.42 Å². The second kappa shape index (κ2) is 9.78. The number of hydrogen-bond donors (Lipinski definition) is 2. The summed E-state index contributed by atoms with van der Waals surface area (Å²) in [5.41, 5.74) is 8.03. The molecule has 3 N–H and O–H groups in total. The largest absolute Gasteiger partial charge is 0.336 e. The molecule has 140 valence electrons. The van der Waals surface area contributed by atoms with Crippen LogP contribution in [0.25, 0.3) is 0 Å². The van der Waals surface area contributed by atoms with Crippen molar-refractivity contribution in [2.75, 3.05) is 11.9 Å². The molecule has 2 rings (SSSR count). The molecule has 1 aromatic rings. The lowest BCUT2D eigenvalue weighted by Gasteiger charge is -2.33. The second-order valence-corrected chi connectivity index (χ2v) is 6.94. The third-order valence-electron chi connectivity index (χ3n) is 4.64. The average molecular weight is 368 g/mol. The highest BCUT2D eigenvalue weighted by Crippen LogP contribution is 2.22. The first-order valence-corrected chi connectivity index (χ1v) is 8.85. The van der Waals surface area contributed by atoms with E-state index in [-0.39, 0.29) is 30.3 Å². The van der Waals surface area contributed by atoms with Gasteiger partial charge in [0, 0.05) is 36.3 Å². The van der Waals surface area contributed by atoms with Gasteiger partial charge in [0.25, 0.3) is 5.91 Å². The molecule has 1 aromatic carbocycles. The van der Waals surface area contributed by atoms with E-state index >= 15 is 0 Å². The first-order valence-electron chi connectivity index (χ1n) is 8.85. The van der Waals surface area contributed by atoms with Crippen molar-refractivity contribution in [3.8, 4) is 0 Å². The highest BCUT2D eigenvalue weighted by Gasteiger charge is 2.24. The van der Waals surface area contributed by atoms with Crippen molar-refractivity contribution in [3.63, 3.8) is 0 Å². The Morgan fingerprint density at radius 3 is 2.68 bits per heavy atom. The third-order valence-corrected chi connectivity index (χ3v) is 4.64. The summed E-state index contributed by atoms with van der Waals surface area (Å²) in [5.74, 6) is 0.0410. The number of carbonyl (C=O) groups is 2. The molecule has 1 heterocycles. The lowest BCUT2D eigenvalue weighted by atomic mass is 10.0. The number of halogens is 1. The lowest BCUT2D eigenvalue weighted by molar-refractivity contribution is -0.116. The normalized spacial score (nSPS) is 18.2. The fraction of sp³-hybridized carbons (Fsp3) is 0.579. The number of nitrogens with two attached hydrogens (primary N) is 1. The van der Waals surface area contributed by atoms with Gasteiger partial charge < -0.3 is 16.0 Å². The van der Waals surface area contributed by atoms with Gasteiger partial charge in [-0.1, -0.05) is 0 Å². The van der Waals surface area contributed by atoms with Crippen molar-refractivity contribution in [1.82, 2.24) is 4.90 Å². The molecule has 1 saturated heterocycles. The van der Waals surface area contributed by atoms with Crippen LogP contribution in [0.4, 0.5) is 5.69 Å². The zero-order valence-corrected chi connectivity index (χ0v) is 16.2. The molecule has 25 heavy (non-hydrogen) atoms. The Morgan fingerprint density at radius 2 is 2.08 bits per heavy atom. The van der Waals surface area contributed by atoms with Gasteiger partial charge in [0.1, 0.15) is 0 Å². The molecule has 0 aromatic heterocycles. The van der Waals surface area contributed by atoms with Crippen LogP contribution in [-0.4, -0.2) is 35.3 Å². The van der Waals surface area contributed by atoms with E-state index < -0.39 is 0 Å². The standard InChI is InChI=1S/C19H29N3O2.ClH/c1-13-12-16(19(24)22-11-5-4-6-15(22)3)8-9-17(13)21-18(23)10-7-14(2)20;/h8-9,12,14-15H,4-7,10-11,20H2,1-3H3,(H,21,23);1H. The molecule has 0 aliphatic carbocycles. The number of likely N-dealkylation sites (tertiary alicyclic amines) is 1. The molecule has 2 atom stereocenters. The van der Waals surface area contributed by atoms with E-state index in [1.54, 1.807) is 6.07 Å². The molecule has 5 nitrogen and oxygen atoms in total. The SMILES string of the molecule is Cc1cc(C(=O)N2CCCCC2C)ccc1NC(=O)CCC(C)N.Cl. The van der Waals surface area contributed by atoms with Crippen LogP contribution in [0.5, 0.6) is 0 Å². The van der Waals surface area contributed by atoms with Crippen molar-refractivity contribution in [2.24, 2.45) is 5.73 Å². The Bertz CT molecular complexity index is 604. The number of nitrogens with zero attached hydrogens (tertiary/aromatic N) is 1. The number of rotatable bonds is 5. The van der Waals surface area contributed by atoms with Crippen molar-refractivity contribution in [2.45, 2.75) is 65.0 Å². The molecule has 0 bridgehead atoms. The van der Waals surface area contributed by atoms with Crippen LogP contribution in [-0.2, 0) is 4.79 Å². The summed E-state index contributed by atoms with van der Waals surface area (Å²) in [7, 11) is 0. The van der Waals surface area contributed by atoms with E-state index in [2.05, 4.69) is 12.2 Å². The maximum atomic E-state index is 12.7. The molecular weight excluding hydrogens is 338 g/mol. The van der Waals surface area contributed by atoms with E-state index in [4.69, 9.17) is 5.73 Å². The summed E-state index contributed by atoms with van der Waals surface area (Å²) in [6.07, 6.45) is 4.40. The highest BCUT2D eigenvalue weighted by molar-refractivity contribution is 5.96. The molecule has 1 fully saturated rings. The number of benzene rings is 1. The van der Waals surface area contributed by atoms with E-state index in [0.29, 0.717) is 24.4 Å². The van der Waals surface area contributed by atoms with Gasteiger partial charge in [-0.3, -0.25) is 9.59 Å². The average Bonchev–Trinajstić information content (AvgIpc) is 2.54. The summed E-state index contributed by atoms with van der Waals surface area (Å²) in [6, 6.07) is 5.80. The van der Waals surface area contributed by atoms with Gasteiger partial charge in [-0.05, 0) is 70.2 Å². The van der Waals surface area contributed by atoms with Crippen LogP contribution in [0.1, 0.15) is 61.9 Å². The molecule has 0 saturated carbocycles. The Morgan fingerprint density at radius 1 is 1.36 bits per heavy atom. The molecule has 0 spiro atoms. The van der Waals surface area contributed by atoms with Crippen molar-refractivity contribution < 1.29 is 9.59 Å². The maximum Gasteiger partial charge on any atom is 0.254 e. The van der Waals surface area contributed by atoms with Crippen molar-refractivity contribution in [1.29, 1.82) is 0 Å². The fourth-order valence-electron chi connectivity index (χ4n) is 3.07. The Kier molecular flexibility index (Phi) is 8.39. The number of anilines is 1. The first-order chi connectivity index (χ1) is 11.4. The van der Waals surface area contributed by atoms with Crippen molar-refractivity contribution in [3.05, 3.63) is 29.3 Å². The third kappa shape index (κ3) is 6.01. The summed E-state index contributed by atoms with van der Waals surface area (Å²) in [5, 5.41) is 2.90. The maximum absolute atomic E-state index is 12.7. The zero-order valence-electron chi connectivity index (χ0n) is 15.4. The number of aryl methyl sites for hydroxylation is 1. The van der Waals surface area contributed by atoms with Crippen LogP contribution in [0.2, 0.25) is 0 Å². The van der Waals surface area contributed by atoms with E-state index in [0.717, 1.165) is 30.6 Å². The zero-order chi connectivity index (χ0) is 17.7. The Labute approximate surface area is 156 Å². The van der Waals surface area contributed by atoms with Crippen LogP contribution in [0.3, 0.4) is 0 Å². The quantitative estimate of drug-likeness (QED) is 0.836.